The van der Waals surface area contributed by atoms with Gasteiger partial charge in [0.1, 0.15) is 5.82 Å². The maximum absolute atomic E-state index is 15.3. The summed E-state index contributed by atoms with van der Waals surface area (Å²) >= 11 is 0. The van der Waals surface area contributed by atoms with Gasteiger partial charge in [0.2, 0.25) is 5.89 Å². The summed E-state index contributed by atoms with van der Waals surface area (Å²) in [6.45, 7) is 10.3. The van der Waals surface area contributed by atoms with Crippen LogP contribution >= 0.6 is 0 Å². The molecule has 0 saturated carbocycles. The van der Waals surface area contributed by atoms with Gasteiger partial charge in [0.25, 0.3) is 5.89 Å². The molecule has 10 nitrogen and oxygen atoms in total. The summed E-state index contributed by atoms with van der Waals surface area (Å²) in [7, 11) is -3.22. The number of sulfone groups is 1. The minimum Gasteiger partial charge on any atom is -0.415 e. The summed E-state index contributed by atoms with van der Waals surface area (Å²) in [6.07, 6.45) is -2.95. The minimum atomic E-state index is -3.22. The Kier molecular flexibility index (Phi) is 9.61. The molecule has 14 heteroatoms. The number of carbonyl (C=O) groups excluding carboxylic acids is 1. The second kappa shape index (κ2) is 13.2. The highest BCUT2D eigenvalue weighted by Gasteiger charge is 2.31. The van der Waals surface area contributed by atoms with Gasteiger partial charge in [0, 0.05) is 61.6 Å². The lowest BCUT2D eigenvalue weighted by Crippen LogP contribution is -2.56. The van der Waals surface area contributed by atoms with Crippen LogP contribution in [0.2, 0.25) is 0 Å². The largest absolute Gasteiger partial charge is 0.415 e. The van der Waals surface area contributed by atoms with Crippen molar-refractivity contribution in [3.8, 4) is 11.5 Å². The topological polar surface area (TPSA) is 103 Å². The van der Waals surface area contributed by atoms with E-state index in [9.17, 15) is 22.0 Å². The van der Waals surface area contributed by atoms with Crippen molar-refractivity contribution >= 4 is 21.6 Å². The summed E-state index contributed by atoms with van der Waals surface area (Å²) in [6, 6.07) is 12.0. The van der Waals surface area contributed by atoms with Gasteiger partial charge in [-0.15, -0.1) is 10.2 Å². The second-order valence-electron chi connectivity index (χ2n) is 11.4. The van der Waals surface area contributed by atoms with Crippen LogP contribution in [-0.2, 0) is 22.9 Å². The summed E-state index contributed by atoms with van der Waals surface area (Å²) in [5.41, 5.74) is 1.90. The third-order valence-corrected chi connectivity index (χ3v) is 9.91. The van der Waals surface area contributed by atoms with Crippen LogP contribution in [0.1, 0.15) is 44.2 Å². The molecule has 1 aromatic heterocycles. The molecule has 2 fully saturated rings. The van der Waals surface area contributed by atoms with Crippen LogP contribution in [0.5, 0.6) is 0 Å². The molecule has 0 unspecified atom stereocenters. The zero-order valence-corrected chi connectivity index (χ0v) is 25.8. The molecule has 2 aromatic carbocycles. The van der Waals surface area contributed by atoms with Crippen molar-refractivity contribution in [1.82, 2.24) is 24.9 Å². The first-order valence-corrected chi connectivity index (χ1v) is 16.5. The molecular formula is C30H37F3N6O4S. The third-order valence-electron chi connectivity index (χ3n) is 8.30. The number of piperazine rings is 1. The minimum absolute atomic E-state index is 0.0426. The number of alkyl halides is 2. The van der Waals surface area contributed by atoms with E-state index >= 15 is 4.39 Å². The van der Waals surface area contributed by atoms with E-state index in [0.717, 1.165) is 37.8 Å². The van der Waals surface area contributed by atoms with E-state index in [-0.39, 0.29) is 48.2 Å². The number of hydrogen-bond acceptors (Lipinski definition) is 8. The van der Waals surface area contributed by atoms with Crippen molar-refractivity contribution < 1.29 is 30.8 Å². The Hall–Kier alpha value is -3.49. The molecule has 2 amide bonds. The summed E-state index contributed by atoms with van der Waals surface area (Å²) in [4.78, 5) is 21.5. The molecule has 2 aliphatic rings. The Labute approximate surface area is 255 Å². The monoisotopic (exact) mass is 634 g/mol. The van der Waals surface area contributed by atoms with Crippen molar-refractivity contribution in [2.75, 3.05) is 49.1 Å². The van der Waals surface area contributed by atoms with Crippen LogP contribution < -0.4 is 4.90 Å². The summed E-state index contributed by atoms with van der Waals surface area (Å²) in [5, 5.41) is 6.85. The lowest BCUT2D eigenvalue weighted by atomic mass is 10.1. The number of urea groups is 1. The molecule has 3 aromatic rings. The van der Waals surface area contributed by atoms with Crippen LogP contribution in [0.15, 0.2) is 46.9 Å². The number of aromatic nitrogens is 2. The van der Waals surface area contributed by atoms with Crippen LogP contribution in [0, 0.1) is 5.82 Å². The highest BCUT2D eigenvalue weighted by atomic mass is 32.2. The van der Waals surface area contributed by atoms with E-state index < -0.39 is 34.0 Å². The van der Waals surface area contributed by atoms with Crippen molar-refractivity contribution in [2.45, 2.75) is 52.4 Å². The molecule has 0 N–H and O–H groups in total. The average Bonchev–Trinajstić information content (AvgIpc) is 3.48. The van der Waals surface area contributed by atoms with E-state index in [2.05, 4.69) is 40.8 Å². The maximum atomic E-state index is 15.3. The molecule has 44 heavy (non-hydrogen) atoms. The predicted octanol–water partition coefficient (Wildman–Crippen LogP) is 4.58. The summed E-state index contributed by atoms with van der Waals surface area (Å²) < 4.78 is 70.0. The fourth-order valence-corrected chi connectivity index (χ4v) is 7.22. The first kappa shape index (κ1) is 31.9. The van der Waals surface area contributed by atoms with Crippen molar-refractivity contribution in [3.63, 3.8) is 0 Å². The van der Waals surface area contributed by atoms with Crippen LogP contribution in [0.4, 0.5) is 23.7 Å². The molecule has 2 saturated heterocycles. The number of halogens is 3. The number of likely N-dealkylation sites (N-methyl/N-ethyl adjacent to an activating group) is 1. The number of amides is 2. The first-order chi connectivity index (χ1) is 20.9. The Morgan fingerprint density at radius 3 is 2.27 bits per heavy atom. The first-order valence-electron chi connectivity index (χ1n) is 14.7. The number of hydrogen-bond donors (Lipinski definition) is 0. The van der Waals surface area contributed by atoms with Gasteiger partial charge in [0.05, 0.1) is 18.1 Å². The van der Waals surface area contributed by atoms with Gasteiger partial charge in [-0.2, -0.15) is 8.78 Å². The van der Waals surface area contributed by atoms with E-state index in [0.29, 0.717) is 17.8 Å². The SMILES string of the molecule is CCN1[C@H](C)CN(Cc2ccc(N(Cc3ccc(-c4nnc(C(F)F)o4)cc3F)C(=O)N3CCS(=O)(=O)CC3)cc2)C[C@@H]1C. The molecule has 5 rings (SSSR count). The number of nitrogens with zero attached hydrogens (tertiary/aromatic N) is 6. The fourth-order valence-electron chi connectivity index (χ4n) is 6.02. The van der Waals surface area contributed by atoms with Gasteiger partial charge in [-0.25, -0.2) is 17.6 Å². The van der Waals surface area contributed by atoms with Crippen molar-refractivity contribution in [3.05, 3.63) is 65.3 Å². The van der Waals surface area contributed by atoms with E-state index in [1.807, 2.05) is 24.3 Å². The fraction of sp³-hybridized carbons (Fsp3) is 0.500. The Morgan fingerprint density at radius 2 is 1.70 bits per heavy atom. The number of anilines is 1. The number of benzene rings is 2. The maximum Gasteiger partial charge on any atom is 0.324 e. The van der Waals surface area contributed by atoms with Gasteiger partial charge in [-0.3, -0.25) is 14.7 Å². The van der Waals surface area contributed by atoms with Crippen molar-refractivity contribution in [1.29, 1.82) is 0 Å². The standard InChI is InChI=1S/C30H37F3N6O4S/c1-4-38-20(2)16-36(17-21(38)3)18-22-5-9-25(10-6-22)39(30(40)37-11-13-44(41,42)14-12-37)19-24-8-7-23(15-26(24)31)28-34-35-29(43-28)27(32)33/h5-10,15,20-21,27H,4,11-14,16-19H2,1-3H3/t20-,21+. The summed E-state index contributed by atoms with van der Waals surface area (Å²) in [5.74, 6) is -2.07. The molecule has 3 heterocycles. The Bertz CT molecular complexity index is 1540. The van der Waals surface area contributed by atoms with E-state index in [1.165, 1.54) is 21.9 Å². The van der Waals surface area contributed by atoms with Crippen LogP contribution in [-0.4, -0.2) is 95.7 Å². The smallest absolute Gasteiger partial charge is 0.324 e. The lowest BCUT2D eigenvalue weighted by Gasteiger charge is -2.44. The Balaban J connectivity index is 1.36. The van der Waals surface area contributed by atoms with Gasteiger partial charge in [-0.1, -0.05) is 25.1 Å². The van der Waals surface area contributed by atoms with Gasteiger partial charge >= 0.3 is 12.5 Å². The van der Waals surface area contributed by atoms with Crippen molar-refractivity contribution in [2.24, 2.45) is 0 Å². The number of rotatable bonds is 8. The molecular weight excluding hydrogens is 597 g/mol. The molecule has 0 radical (unpaired) electrons. The van der Waals surface area contributed by atoms with Crippen LogP contribution in [0.25, 0.3) is 11.5 Å². The third kappa shape index (κ3) is 7.24. The van der Waals surface area contributed by atoms with Gasteiger partial charge in [-0.05, 0) is 50.2 Å². The Morgan fingerprint density at radius 1 is 1.05 bits per heavy atom. The average molecular weight is 635 g/mol. The van der Waals surface area contributed by atoms with E-state index in [1.54, 1.807) is 0 Å². The van der Waals surface area contributed by atoms with Gasteiger partial charge in [0.15, 0.2) is 9.84 Å². The lowest BCUT2D eigenvalue weighted by molar-refractivity contribution is 0.0392. The quantitative estimate of drug-likeness (QED) is 0.355. The predicted molar refractivity (Wildman–Crippen MR) is 159 cm³/mol. The normalized spacial score (nSPS) is 21.1. The molecule has 0 bridgehead atoms. The highest BCUT2D eigenvalue weighted by Crippen LogP contribution is 2.28. The molecule has 2 atom stereocenters. The zero-order chi connectivity index (χ0) is 31.6. The molecule has 0 spiro atoms. The van der Waals surface area contributed by atoms with Crippen LogP contribution in [0.3, 0.4) is 0 Å². The van der Waals surface area contributed by atoms with E-state index in [4.69, 9.17) is 4.42 Å². The molecule has 238 valence electrons. The van der Waals surface area contributed by atoms with Gasteiger partial charge < -0.3 is 9.32 Å². The highest BCUT2D eigenvalue weighted by molar-refractivity contribution is 7.91. The zero-order valence-electron chi connectivity index (χ0n) is 25.0. The molecule has 2 aliphatic heterocycles. The number of carbonyl (C=O) groups is 1. The second-order valence-corrected chi connectivity index (χ2v) is 13.8. The molecule has 0 aliphatic carbocycles.